The van der Waals surface area contributed by atoms with Crippen molar-refractivity contribution >= 4 is 29.9 Å². The van der Waals surface area contributed by atoms with Crippen LogP contribution in [-0.2, 0) is 11.3 Å². The zero-order chi connectivity index (χ0) is 16.7. The third kappa shape index (κ3) is 6.12. The molecule has 5 nitrogen and oxygen atoms in total. The molecule has 0 spiro atoms. The number of benzene rings is 1. The molecule has 1 N–H and O–H groups in total. The monoisotopic (exact) mass is 447 g/mol. The van der Waals surface area contributed by atoms with E-state index in [-0.39, 0.29) is 24.0 Å². The normalized spacial score (nSPS) is 17.3. The molecule has 0 aliphatic carbocycles. The highest BCUT2D eigenvalue weighted by molar-refractivity contribution is 14.0. The number of hydrogen-bond acceptors (Lipinski definition) is 3. The molecule has 0 amide bonds. The molecule has 0 radical (unpaired) electrons. The van der Waals surface area contributed by atoms with Gasteiger partial charge in [-0.1, -0.05) is 12.1 Å². The molecule has 1 heterocycles. The fourth-order valence-electron chi connectivity index (χ4n) is 2.91. The molecule has 1 aliphatic rings. The number of hydrogen-bond donors (Lipinski definition) is 1. The number of halogens is 1. The number of aryl methyl sites for hydroxylation is 1. The van der Waals surface area contributed by atoms with Crippen molar-refractivity contribution in [2.24, 2.45) is 10.9 Å². The van der Waals surface area contributed by atoms with Gasteiger partial charge in [-0.2, -0.15) is 0 Å². The smallest absolute Gasteiger partial charge is 0.193 e. The van der Waals surface area contributed by atoms with Crippen molar-refractivity contribution in [1.29, 1.82) is 0 Å². The van der Waals surface area contributed by atoms with Crippen LogP contribution >= 0.6 is 24.0 Å². The summed E-state index contributed by atoms with van der Waals surface area (Å²) >= 11 is 0. The maximum atomic E-state index is 5.59. The Morgan fingerprint density at radius 1 is 1.46 bits per heavy atom. The molecule has 1 saturated heterocycles. The molecule has 0 bridgehead atoms. The zero-order valence-corrected chi connectivity index (χ0v) is 17.5. The van der Waals surface area contributed by atoms with Crippen molar-refractivity contribution in [2.75, 3.05) is 40.5 Å². The van der Waals surface area contributed by atoms with Gasteiger partial charge >= 0.3 is 0 Å². The lowest BCUT2D eigenvalue weighted by atomic mass is 10.1. The van der Waals surface area contributed by atoms with Crippen LogP contribution in [0.25, 0.3) is 0 Å². The van der Waals surface area contributed by atoms with Crippen molar-refractivity contribution < 1.29 is 9.47 Å². The van der Waals surface area contributed by atoms with Crippen LogP contribution in [0.5, 0.6) is 5.75 Å². The van der Waals surface area contributed by atoms with Gasteiger partial charge in [0.15, 0.2) is 5.96 Å². The maximum Gasteiger partial charge on any atom is 0.193 e. The summed E-state index contributed by atoms with van der Waals surface area (Å²) in [5.41, 5.74) is 2.39. The van der Waals surface area contributed by atoms with E-state index in [0.29, 0.717) is 12.5 Å². The third-order valence-corrected chi connectivity index (χ3v) is 4.12. The largest absolute Gasteiger partial charge is 0.494 e. The lowest BCUT2D eigenvalue weighted by molar-refractivity contribution is 0.181. The predicted molar refractivity (Wildman–Crippen MR) is 110 cm³/mol. The minimum Gasteiger partial charge on any atom is -0.494 e. The summed E-state index contributed by atoms with van der Waals surface area (Å²) in [5.74, 6) is 2.48. The number of nitrogens with one attached hydrogen (secondary N) is 1. The van der Waals surface area contributed by atoms with Gasteiger partial charge < -0.3 is 19.7 Å². The summed E-state index contributed by atoms with van der Waals surface area (Å²) in [5, 5.41) is 3.43. The van der Waals surface area contributed by atoms with Crippen molar-refractivity contribution in [3.63, 3.8) is 0 Å². The van der Waals surface area contributed by atoms with Gasteiger partial charge in [0, 0.05) is 39.7 Å². The van der Waals surface area contributed by atoms with Crippen LogP contribution in [0.1, 0.15) is 24.5 Å². The molecular weight excluding hydrogens is 417 g/mol. The number of ether oxygens (including phenoxy) is 2. The summed E-state index contributed by atoms with van der Waals surface area (Å²) in [6.07, 6.45) is 1.14. The lowest BCUT2D eigenvalue weighted by Gasteiger charge is -2.24. The summed E-state index contributed by atoms with van der Waals surface area (Å²) in [6, 6.07) is 6.30. The first-order valence-corrected chi connectivity index (χ1v) is 8.36. The third-order valence-electron chi connectivity index (χ3n) is 4.12. The van der Waals surface area contributed by atoms with E-state index in [2.05, 4.69) is 41.3 Å². The molecule has 2 rings (SSSR count). The molecule has 1 atom stereocenters. The Labute approximate surface area is 162 Å². The minimum absolute atomic E-state index is 0. The fraction of sp³-hybridized carbons (Fsp3) is 0.611. The molecule has 0 saturated carbocycles. The molecule has 1 unspecified atom stereocenters. The van der Waals surface area contributed by atoms with Crippen LogP contribution in [0.2, 0.25) is 0 Å². The van der Waals surface area contributed by atoms with Gasteiger partial charge in [-0.05, 0) is 37.5 Å². The summed E-state index contributed by atoms with van der Waals surface area (Å²) in [7, 11) is 3.91. The topological polar surface area (TPSA) is 46.1 Å². The van der Waals surface area contributed by atoms with Crippen LogP contribution in [0, 0.1) is 12.8 Å². The Kier molecular flexibility index (Phi) is 9.43. The van der Waals surface area contributed by atoms with E-state index in [1.54, 1.807) is 0 Å². The molecule has 0 aromatic heterocycles. The Bertz CT molecular complexity index is 531. The first-order valence-electron chi connectivity index (χ1n) is 8.36. The second-order valence-electron chi connectivity index (χ2n) is 6.04. The second kappa shape index (κ2) is 10.8. The minimum atomic E-state index is 0. The van der Waals surface area contributed by atoms with Crippen LogP contribution < -0.4 is 10.1 Å². The van der Waals surface area contributed by atoms with Crippen molar-refractivity contribution in [1.82, 2.24) is 10.2 Å². The highest BCUT2D eigenvalue weighted by Crippen LogP contribution is 2.19. The van der Waals surface area contributed by atoms with Gasteiger partial charge in [0.2, 0.25) is 0 Å². The maximum absolute atomic E-state index is 5.59. The Morgan fingerprint density at radius 2 is 2.25 bits per heavy atom. The molecule has 6 heteroatoms. The number of rotatable bonds is 6. The standard InChI is InChI=1S/C18H29N3O2.HI/c1-5-23-17-7-6-15(10-14(17)2)11-20-18(19-3)21(4)12-16-8-9-22-13-16;/h6-7,10,16H,5,8-9,11-13H2,1-4H3,(H,19,20);1H. The van der Waals surface area contributed by atoms with E-state index >= 15 is 0 Å². The van der Waals surface area contributed by atoms with Crippen LogP contribution in [-0.4, -0.2) is 51.3 Å². The fourth-order valence-corrected chi connectivity index (χ4v) is 2.91. The first kappa shape index (κ1) is 21.0. The lowest BCUT2D eigenvalue weighted by Crippen LogP contribution is -2.41. The molecule has 1 aromatic carbocycles. The highest BCUT2D eigenvalue weighted by Gasteiger charge is 2.19. The number of aliphatic imine (C=N–C) groups is 1. The number of nitrogens with zero attached hydrogens (tertiary/aromatic N) is 2. The number of guanidine groups is 1. The van der Waals surface area contributed by atoms with Gasteiger partial charge in [0.25, 0.3) is 0 Å². The van der Waals surface area contributed by atoms with E-state index in [1.807, 2.05) is 20.0 Å². The van der Waals surface area contributed by atoms with Gasteiger partial charge in [-0.3, -0.25) is 4.99 Å². The van der Waals surface area contributed by atoms with Crippen molar-refractivity contribution in [3.8, 4) is 5.75 Å². The average molecular weight is 447 g/mol. The summed E-state index contributed by atoms with van der Waals surface area (Å²) in [6.45, 7) is 8.25. The van der Waals surface area contributed by atoms with Gasteiger partial charge in [-0.25, -0.2) is 0 Å². The second-order valence-corrected chi connectivity index (χ2v) is 6.04. The Balaban J connectivity index is 0.00000288. The summed E-state index contributed by atoms with van der Waals surface area (Å²) < 4.78 is 11.0. The van der Waals surface area contributed by atoms with Gasteiger partial charge in [0.05, 0.1) is 13.2 Å². The highest BCUT2D eigenvalue weighted by atomic mass is 127. The van der Waals surface area contributed by atoms with Crippen LogP contribution in [0.4, 0.5) is 0 Å². The molecule has 136 valence electrons. The zero-order valence-electron chi connectivity index (χ0n) is 15.2. The van der Waals surface area contributed by atoms with E-state index in [4.69, 9.17) is 9.47 Å². The Hall–Kier alpha value is -1.02. The van der Waals surface area contributed by atoms with E-state index in [9.17, 15) is 0 Å². The molecule has 24 heavy (non-hydrogen) atoms. The van der Waals surface area contributed by atoms with Crippen molar-refractivity contribution in [2.45, 2.75) is 26.8 Å². The van der Waals surface area contributed by atoms with Crippen molar-refractivity contribution in [3.05, 3.63) is 29.3 Å². The average Bonchev–Trinajstić information content (AvgIpc) is 3.03. The van der Waals surface area contributed by atoms with E-state index in [0.717, 1.165) is 50.0 Å². The molecule has 1 fully saturated rings. The molecule has 1 aromatic rings. The molecular formula is C18H30IN3O2. The van der Waals surface area contributed by atoms with Gasteiger partial charge in [0.1, 0.15) is 5.75 Å². The van der Waals surface area contributed by atoms with E-state index < -0.39 is 0 Å². The van der Waals surface area contributed by atoms with Crippen LogP contribution in [0.3, 0.4) is 0 Å². The summed E-state index contributed by atoms with van der Waals surface area (Å²) in [4.78, 5) is 6.56. The van der Waals surface area contributed by atoms with Crippen LogP contribution in [0.15, 0.2) is 23.2 Å². The quantitative estimate of drug-likeness (QED) is 0.414. The predicted octanol–water partition coefficient (Wildman–Crippen LogP) is 3.06. The van der Waals surface area contributed by atoms with E-state index in [1.165, 1.54) is 5.56 Å². The Morgan fingerprint density at radius 3 is 2.83 bits per heavy atom. The molecule has 1 aliphatic heterocycles. The SMILES string of the molecule is CCOc1ccc(CNC(=NC)N(C)CC2CCOC2)cc1C.I. The van der Waals surface area contributed by atoms with Gasteiger partial charge in [-0.15, -0.1) is 24.0 Å². The first-order chi connectivity index (χ1) is 11.1.